The van der Waals surface area contributed by atoms with Gasteiger partial charge in [-0.1, -0.05) is 20.3 Å². The summed E-state index contributed by atoms with van der Waals surface area (Å²) in [6.45, 7) is 6.60. The molecule has 2 aromatic carbocycles. The van der Waals surface area contributed by atoms with E-state index in [1.165, 1.54) is 4.31 Å². The summed E-state index contributed by atoms with van der Waals surface area (Å²) in [5.74, 6) is 0.679. The van der Waals surface area contributed by atoms with Crippen LogP contribution in [0.1, 0.15) is 32.4 Å². The topological polar surface area (TPSA) is 139 Å². The molecule has 0 radical (unpaired) electrons. The third kappa shape index (κ3) is 5.34. The molecule has 3 N–H and O–H groups in total. The van der Waals surface area contributed by atoms with Crippen molar-refractivity contribution in [2.24, 2.45) is 0 Å². The number of aryl methyl sites for hydroxylation is 1. The van der Waals surface area contributed by atoms with Crippen molar-refractivity contribution in [3.8, 4) is 22.8 Å². The van der Waals surface area contributed by atoms with Crippen LogP contribution in [0.15, 0.2) is 52.2 Å². The molecule has 40 heavy (non-hydrogen) atoms. The van der Waals surface area contributed by atoms with Gasteiger partial charge < -0.3 is 20.4 Å². The molecule has 0 aliphatic carbocycles. The van der Waals surface area contributed by atoms with Crippen molar-refractivity contribution in [2.75, 3.05) is 45.6 Å². The van der Waals surface area contributed by atoms with Gasteiger partial charge in [0.25, 0.3) is 5.56 Å². The van der Waals surface area contributed by atoms with E-state index < -0.39 is 15.6 Å². The van der Waals surface area contributed by atoms with Crippen LogP contribution in [0.5, 0.6) is 5.75 Å². The zero-order chi connectivity index (χ0) is 28.4. The van der Waals surface area contributed by atoms with E-state index in [1.54, 1.807) is 35.0 Å². The van der Waals surface area contributed by atoms with Gasteiger partial charge in [-0.25, -0.2) is 18.1 Å². The molecule has 0 atom stereocenters. The average molecular weight is 566 g/mol. The van der Waals surface area contributed by atoms with Crippen molar-refractivity contribution in [3.05, 3.63) is 58.5 Å². The van der Waals surface area contributed by atoms with Gasteiger partial charge >= 0.3 is 0 Å². The number of rotatable bonds is 9. The fourth-order valence-corrected chi connectivity index (χ4v) is 6.26. The maximum Gasteiger partial charge on any atom is 0.279 e. The predicted molar refractivity (Wildman–Crippen MR) is 155 cm³/mol. The summed E-state index contributed by atoms with van der Waals surface area (Å²) < 4.78 is 36.3. The largest absolute Gasteiger partial charge is 0.493 e. The highest BCUT2D eigenvalue weighted by Crippen LogP contribution is 2.33. The Morgan fingerprint density at radius 1 is 1.00 bits per heavy atom. The Kier molecular flexibility index (Phi) is 7.92. The Morgan fingerprint density at radius 2 is 1.73 bits per heavy atom. The monoisotopic (exact) mass is 565 g/mol. The summed E-state index contributed by atoms with van der Waals surface area (Å²) in [5.41, 5.74) is 8.72. The third-order valence-corrected chi connectivity index (χ3v) is 8.91. The smallest absolute Gasteiger partial charge is 0.279 e. The third-order valence-electron chi connectivity index (χ3n) is 7.02. The number of nitrogens with two attached hydrogens (primary N) is 1. The number of H-pyrrole nitrogens is 1. The lowest BCUT2D eigenvalue weighted by Crippen LogP contribution is -2.47. The molecule has 0 saturated carbocycles. The molecule has 0 spiro atoms. The van der Waals surface area contributed by atoms with Gasteiger partial charge in [0.05, 0.1) is 28.4 Å². The summed E-state index contributed by atoms with van der Waals surface area (Å²) in [6, 6.07) is 12.0. The normalized spacial score (nSPS) is 15.1. The van der Waals surface area contributed by atoms with E-state index in [1.807, 2.05) is 33.0 Å². The maximum absolute atomic E-state index is 13.6. The summed E-state index contributed by atoms with van der Waals surface area (Å²) in [4.78, 5) is 23.3. The summed E-state index contributed by atoms with van der Waals surface area (Å²) in [6.07, 6.45) is 2.20. The molecule has 3 heterocycles. The number of aromatic nitrogens is 4. The molecule has 1 aliphatic heterocycles. The molecule has 0 bridgehead atoms. The van der Waals surface area contributed by atoms with Gasteiger partial charge in [0.15, 0.2) is 5.52 Å². The lowest BCUT2D eigenvalue weighted by atomic mass is 10.1. The Balaban J connectivity index is 1.66. The van der Waals surface area contributed by atoms with Crippen molar-refractivity contribution in [1.29, 1.82) is 0 Å². The number of aromatic amines is 1. The van der Waals surface area contributed by atoms with Crippen molar-refractivity contribution < 1.29 is 13.2 Å². The number of sulfonamides is 1. The quantitative estimate of drug-likeness (QED) is 0.295. The van der Waals surface area contributed by atoms with Gasteiger partial charge in [0.2, 0.25) is 10.0 Å². The number of anilines is 1. The predicted octanol–water partition coefficient (Wildman–Crippen LogP) is 3.04. The van der Waals surface area contributed by atoms with E-state index in [4.69, 9.17) is 15.5 Å². The van der Waals surface area contributed by atoms with E-state index in [9.17, 15) is 13.2 Å². The number of hydrogen-bond donors (Lipinski definition) is 2. The van der Waals surface area contributed by atoms with E-state index in [2.05, 4.69) is 15.0 Å². The Hall–Kier alpha value is -3.74. The highest BCUT2D eigenvalue weighted by atomic mass is 32.2. The molecular formula is C28H35N7O4S. The number of benzene rings is 2. The Labute approximate surface area is 233 Å². The fourth-order valence-electron chi connectivity index (χ4n) is 4.81. The van der Waals surface area contributed by atoms with Gasteiger partial charge in [0.1, 0.15) is 17.1 Å². The van der Waals surface area contributed by atoms with Crippen LogP contribution >= 0.6 is 0 Å². The van der Waals surface area contributed by atoms with Crippen LogP contribution in [0.3, 0.4) is 0 Å². The van der Waals surface area contributed by atoms with Crippen LogP contribution < -0.4 is 16.0 Å². The second-order valence-electron chi connectivity index (χ2n) is 10.0. The number of nitrogens with zero attached hydrogens (tertiary/aromatic N) is 5. The SMILES string of the molecule is CCCOc1ccc(S(=O)(=O)N2CCN(C)CC2)cc1-c1nc2c(CCC)n(-c3ccc(N)cc3)nc2c(=O)[nH]1. The van der Waals surface area contributed by atoms with Gasteiger partial charge in [-0.15, -0.1) is 0 Å². The van der Waals surface area contributed by atoms with Crippen LogP contribution in [0, 0.1) is 0 Å². The van der Waals surface area contributed by atoms with Gasteiger partial charge in [-0.2, -0.15) is 9.40 Å². The molecular weight excluding hydrogens is 530 g/mol. The highest BCUT2D eigenvalue weighted by molar-refractivity contribution is 7.89. The van der Waals surface area contributed by atoms with E-state index >= 15 is 0 Å². The number of ether oxygens (including phenoxy) is 1. The molecule has 11 nitrogen and oxygen atoms in total. The molecule has 1 aliphatic rings. The van der Waals surface area contributed by atoms with Crippen molar-refractivity contribution in [2.45, 2.75) is 38.0 Å². The van der Waals surface area contributed by atoms with Gasteiger partial charge in [-0.3, -0.25) is 4.79 Å². The van der Waals surface area contributed by atoms with Crippen molar-refractivity contribution >= 4 is 26.7 Å². The number of piperazine rings is 1. The first kappa shape index (κ1) is 27.8. The number of fused-ring (bicyclic) bond motifs is 1. The molecule has 212 valence electrons. The Morgan fingerprint density at radius 3 is 2.40 bits per heavy atom. The zero-order valence-corrected chi connectivity index (χ0v) is 23.9. The van der Waals surface area contributed by atoms with Crippen LogP contribution in [-0.2, 0) is 16.4 Å². The molecule has 4 aromatic rings. The van der Waals surface area contributed by atoms with Gasteiger partial charge in [-0.05, 0) is 62.4 Å². The molecule has 1 fully saturated rings. The number of hydrogen-bond acceptors (Lipinski definition) is 8. The van der Waals surface area contributed by atoms with Crippen molar-refractivity contribution in [3.63, 3.8) is 0 Å². The second kappa shape index (κ2) is 11.4. The minimum Gasteiger partial charge on any atom is -0.493 e. The standard InChI is InChI=1S/C28H35N7O4S/c1-4-6-23-25-26(32-35(23)20-9-7-19(29)8-10-20)28(36)31-27(30-25)22-18-21(11-12-24(22)39-17-5-2)40(37,38)34-15-13-33(3)14-16-34/h7-12,18H,4-6,13-17,29H2,1-3H3,(H,30,31,36). The first-order chi connectivity index (χ1) is 19.2. The molecule has 5 rings (SSSR count). The first-order valence-corrected chi connectivity index (χ1v) is 15.0. The minimum atomic E-state index is -3.75. The molecule has 1 saturated heterocycles. The van der Waals surface area contributed by atoms with E-state index in [-0.39, 0.29) is 16.2 Å². The lowest BCUT2D eigenvalue weighted by Gasteiger charge is -2.31. The van der Waals surface area contributed by atoms with Crippen LogP contribution in [0.2, 0.25) is 0 Å². The summed E-state index contributed by atoms with van der Waals surface area (Å²) >= 11 is 0. The highest BCUT2D eigenvalue weighted by Gasteiger charge is 2.29. The number of likely N-dealkylation sites (N-methyl/N-ethyl adjacent to an activating group) is 1. The first-order valence-electron chi connectivity index (χ1n) is 13.6. The summed E-state index contributed by atoms with van der Waals surface area (Å²) in [7, 11) is -1.78. The maximum atomic E-state index is 13.6. The molecule has 0 unspecified atom stereocenters. The van der Waals surface area contributed by atoms with E-state index in [0.717, 1.165) is 24.2 Å². The lowest BCUT2D eigenvalue weighted by molar-refractivity contribution is 0.222. The number of nitrogens with one attached hydrogen (secondary N) is 1. The minimum absolute atomic E-state index is 0.130. The molecule has 12 heteroatoms. The van der Waals surface area contributed by atoms with Crippen LogP contribution in [-0.4, -0.2) is 77.2 Å². The number of nitrogen functional groups attached to an aromatic ring is 1. The summed E-state index contributed by atoms with van der Waals surface area (Å²) in [5, 5.41) is 4.59. The fraction of sp³-hybridized carbons (Fsp3) is 0.393. The average Bonchev–Trinajstić information content (AvgIpc) is 3.31. The molecule has 2 aromatic heterocycles. The Bertz CT molecular complexity index is 1670. The van der Waals surface area contributed by atoms with Crippen LogP contribution in [0.25, 0.3) is 28.1 Å². The van der Waals surface area contributed by atoms with Crippen molar-refractivity contribution in [1.82, 2.24) is 29.0 Å². The van der Waals surface area contributed by atoms with Gasteiger partial charge in [0, 0.05) is 31.9 Å². The zero-order valence-electron chi connectivity index (χ0n) is 23.1. The second-order valence-corrected chi connectivity index (χ2v) is 12.0. The van der Waals surface area contributed by atoms with Crippen LogP contribution in [0.4, 0.5) is 5.69 Å². The molecule has 0 amide bonds. The van der Waals surface area contributed by atoms with E-state index in [0.29, 0.717) is 61.7 Å².